The number of amides is 3. The molecule has 0 saturated carbocycles. The largest absolute Gasteiger partial charge is 0.362 e. The van der Waals surface area contributed by atoms with Crippen molar-refractivity contribution in [3.63, 3.8) is 0 Å². The van der Waals surface area contributed by atoms with E-state index in [9.17, 15) is 14.4 Å². The molecule has 0 bridgehead atoms. The van der Waals surface area contributed by atoms with Crippen LogP contribution in [0.1, 0.15) is 61.7 Å². The van der Waals surface area contributed by atoms with Gasteiger partial charge in [0.1, 0.15) is 5.66 Å². The lowest BCUT2D eigenvalue weighted by Gasteiger charge is -2.40. The predicted octanol–water partition coefficient (Wildman–Crippen LogP) is 3.00. The molecule has 0 radical (unpaired) electrons. The van der Waals surface area contributed by atoms with Crippen molar-refractivity contribution < 1.29 is 14.4 Å². The van der Waals surface area contributed by atoms with Crippen LogP contribution in [0.2, 0.25) is 5.02 Å². The Bertz CT molecular complexity index is 838. The molecule has 0 aromatic heterocycles. The highest BCUT2D eigenvalue weighted by Gasteiger charge is 2.40. The summed E-state index contributed by atoms with van der Waals surface area (Å²) < 4.78 is 0. The molecule has 0 unspecified atom stereocenters. The summed E-state index contributed by atoms with van der Waals surface area (Å²) in [6.07, 6.45) is 6.92. The number of hydrogen-bond acceptors (Lipinski definition) is 4. The first kappa shape index (κ1) is 21.0. The zero-order valence-corrected chi connectivity index (χ0v) is 18.0. The van der Waals surface area contributed by atoms with E-state index in [1.54, 1.807) is 23.1 Å². The zero-order valence-electron chi connectivity index (χ0n) is 17.2. The molecule has 7 nitrogen and oxygen atoms in total. The van der Waals surface area contributed by atoms with Gasteiger partial charge in [-0.3, -0.25) is 14.4 Å². The van der Waals surface area contributed by atoms with Crippen molar-refractivity contribution >= 4 is 35.0 Å². The summed E-state index contributed by atoms with van der Waals surface area (Å²) >= 11 is 6.02. The Hall–Kier alpha value is -2.28. The van der Waals surface area contributed by atoms with Crippen LogP contribution < -0.4 is 10.6 Å². The first-order valence-corrected chi connectivity index (χ1v) is 11.3. The van der Waals surface area contributed by atoms with Crippen LogP contribution in [0.5, 0.6) is 0 Å². The van der Waals surface area contributed by atoms with Crippen LogP contribution in [-0.2, 0) is 9.59 Å². The van der Waals surface area contributed by atoms with E-state index in [0.717, 1.165) is 44.5 Å². The summed E-state index contributed by atoms with van der Waals surface area (Å²) in [5, 5.41) is 6.97. The molecule has 3 aliphatic heterocycles. The topological polar surface area (TPSA) is 81.8 Å². The van der Waals surface area contributed by atoms with Gasteiger partial charge in [0.15, 0.2) is 0 Å². The molecule has 2 fully saturated rings. The standard InChI is InChI=1S/C22H29ClN4O3/c23-16-6-7-18-17(14-16)21(30)25-22(24-18)9-8-19(28)27(13-10-22)15-20(29)26-11-4-2-1-3-5-12-26/h6-7,14,24H,1-5,8-13,15H2,(H,25,30)/t22-/m1/s1. The van der Waals surface area contributed by atoms with Gasteiger partial charge in [-0.25, -0.2) is 0 Å². The molecule has 30 heavy (non-hydrogen) atoms. The number of fused-ring (bicyclic) bond motifs is 1. The van der Waals surface area contributed by atoms with Crippen LogP contribution >= 0.6 is 11.6 Å². The van der Waals surface area contributed by atoms with E-state index in [-0.39, 0.29) is 30.7 Å². The van der Waals surface area contributed by atoms with E-state index in [0.29, 0.717) is 30.0 Å². The summed E-state index contributed by atoms with van der Waals surface area (Å²) in [6, 6.07) is 5.19. The highest BCUT2D eigenvalue weighted by Crippen LogP contribution is 2.33. The Balaban J connectivity index is 1.42. The van der Waals surface area contributed by atoms with Gasteiger partial charge in [-0.05, 0) is 37.5 Å². The summed E-state index contributed by atoms with van der Waals surface area (Å²) in [7, 11) is 0. The maximum Gasteiger partial charge on any atom is 0.255 e. The number of nitrogens with one attached hydrogen (secondary N) is 2. The van der Waals surface area contributed by atoms with Crippen molar-refractivity contribution in [2.24, 2.45) is 0 Å². The summed E-state index contributed by atoms with van der Waals surface area (Å²) in [4.78, 5) is 41.8. The van der Waals surface area contributed by atoms with E-state index in [1.807, 2.05) is 4.90 Å². The van der Waals surface area contributed by atoms with Gasteiger partial charge in [-0.15, -0.1) is 0 Å². The van der Waals surface area contributed by atoms with E-state index in [2.05, 4.69) is 10.6 Å². The molecular formula is C22H29ClN4O3. The number of anilines is 1. The first-order valence-electron chi connectivity index (χ1n) is 10.9. The minimum absolute atomic E-state index is 0.0295. The third kappa shape index (κ3) is 4.56. The van der Waals surface area contributed by atoms with Gasteiger partial charge in [0.05, 0.1) is 12.1 Å². The number of nitrogens with zero attached hydrogens (tertiary/aromatic N) is 2. The Morgan fingerprint density at radius 3 is 2.50 bits per heavy atom. The number of halogens is 1. The molecule has 2 N–H and O–H groups in total. The van der Waals surface area contributed by atoms with Gasteiger partial charge in [0.2, 0.25) is 11.8 Å². The quantitative estimate of drug-likeness (QED) is 0.752. The van der Waals surface area contributed by atoms with Crippen molar-refractivity contribution in [2.45, 2.75) is 57.0 Å². The van der Waals surface area contributed by atoms with E-state index >= 15 is 0 Å². The molecule has 8 heteroatoms. The molecule has 3 amide bonds. The fraction of sp³-hybridized carbons (Fsp3) is 0.591. The Labute approximate surface area is 182 Å². The van der Waals surface area contributed by atoms with Gasteiger partial charge in [-0.1, -0.05) is 30.9 Å². The molecule has 3 aliphatic rings. The van der Waals surface area contributed by atoms with Crippen LogP contribution in [0.25, 0.3) is 0 Å². The van der Waals surface area contributed by atoms with Gasteiger partial charge in [0.25, 0.3) is 5.91 Å². The zero-order chi connectivity index (χ0) is 21.1. The van der Waals surface area contributed by atoms with E-state index in [4.69, 9.17) is 11.6 Å². The van der Waals surface area contributed by atoms with Gasteiger partial charge in [0, 0.05) is 43.2 Å². The van der Waals surface area contributed by atoms with Gasteiger partial charge in [-0.2, -0.15) is 0 Å². The second-order valence-electron chi connectivity index (χ2n) is 8.56. The molecule has 162 valence electrons. The average molecular weight is 433 g/mol. The van der Waals surface area contributed by atoms with Crippen LogP contribution in [0.3, 0.4) is 0 Å². The summed E-state index contributed by atoms with van der Waals surface area (Å²) in [5.74, 6) is -0.198. The fourth-order valence-electron chi connectivity index (χ4n) is 4.62. The van der Waals surface area contributed by atoms with Crippen LogP contribution in [-0.4, -0.2) is 59.4 Å². The monoisotopic (exact) mass is 432 g/mol. The minimum Gasteiger partial charge on any atom is -0.362 e. The normalized spacial score (nSPS) is 25.0. The number of likely N-dealkylation sites (tertiary alicyclic amines) is 2. The highest BCUT2D eigenvalue weighted by atomic mass is 35.5. The van der Waals surface area contributed by atoms with Crippen molar-refractivity contribution in [3.8, 4) is 0 Å². The molecule has 3 heterocycles. The number of carbonyl (C=O) groups excluding carboxylic acids is 3. The average Bonchev–Trinajstić information content (AvgIpc) is 2.83. The van der Waals surface area contributed by atoms with Crippen molar-refractivity contribution in [1.82, 2.24) is 15.1 Å². The highest BCUT2D eigenvalue weighted by molar-refractivity contribution is 6.31. The van der Waals surface area contributed by atoms with E-state index in [1.165, 1.54) is 6.42 Å². The molecule has 1 aromatic carbocycles. The van der Waals surface area contributed by atoms with Crippen molar-refractivity contribution in [2.75, 3.05) is 31.5 Å². The fourth-order valence-corrected chi connectivity index (χ4v) is 4.79. The summed E-state index contributed by atoms with van der Waals surface area (Å²) in [5.41, 5.74) is 0.542. The van der Waals surface area contributed by atoms with Crippen molar-refractivity contribution in [1.29, 1.82) is 0 Å². The molecular weight excluding hydrogens is 404 g/mol. The molecule has 0 aliphatic carbocycles. The van der Waals surface area contributed by atoms with Crippen LogP contribution in [0, 0.1) is 0 Å². The lowest BCUT2D eigenvalue weighted by Crippen LogP contribution is -2.58. The van der Waals surface area contributed by atoms with E-state index < -0.39 is 5.66 Å². The molecule has 4 rings (SSSR count). The third-order valence-corrected chi connectivity index (χ3v) is 6.65. The van der Waals surface area contributed by atoms with Gasteiger partial charge >= 0.3 is 0 Å². The van der Waals surface area contributed by atoms with Crippen LogP contribution in [0.15, 0.2) is 18.2 Å². The van der Waals surface area contributed by atoms with Gasteiger partial charge < -0.3 is 20.4 Å². The lowest BCUT2D eigenvalue weighted by atomic mass is 9.95. The maximum atomic E-state index is 12.8. The smallest absolute Gasteiger partial charge is 0.255 e. The minimum atomic E-state index is -0.689. The predicted molar refractivity (Wildman–Crippen MR) is 115 cm³/mol. The summed E-state index contributed by atoms with van der Waals surface area (Å²) in [6.45, 7) is 2.10. The Morgan fingerprint density at radius 2 is 1.73 bits per heavy atom. The Morgan fingerprint density at radius 1 is 1.00 bits per heavy atom. The number of hydrogen-bond donors (Lipinski definition) is 2. The number of rotatable bonds is 2. The van der Waals surface area contributed by atoms with Crippen LogP contribution in [0.4, 0.5) is 5.69 Å². The first-order chi connectivity index (χ1) is 14.5. The Kier molecular flexibility index (Phi) is 6.18. The number of carbonyl (C=O) groups is 3. The number of benzene rings is 1. The molecule has 1 spiro atoms. The molecule has 2 saturated heterocycles. The lowest BCUT2D eigenvalue weighted by molar-refractivity contribution is -0.140. The maximum absolute atomic E-state index is 12.8. The SMILES string of the molecule is O=C1N[C@@]2(CCC(=O)N(CC(=O)N3CCCCCCC3)CC2)Nc2ccc(Cl)cc21. The third-order valence-electron chi connectivity index (χ3n) is 6.41. The second kappa shape index (κ2) is 8.84. The van der Waals surface area contributed by atoms with Crippen molar-refractivity contribution in [3.05, 3.63) is 28.8 Å². The second-order valence-corrected chi connectivity index (χ2v) is 9.00. The molecule has 1 atom stereocenters. The molecule has 1 aromatic rings.